The number of Topliss-reactive ketones (excluding diaryl/α,β-unsaturated/α-hetero) is 1. The number of rotatable bonds is 8. The van der Waals surface area contributed by atoms with Crippen molar-refractivity contribution in [3.05, 3.63) is 87.9 Å². The van der Waals surface area contributed by atoms with Gasteiger partial charge in [0, 0.05) is 17.7 Å². The van der Waals surface area contributed by atoms with Crippen molar-refractivity contribution in [2.75, 3.05) is 19.5 Å². The van der Waals surface area contributed by atoms with Gasteiger partial charge in [0.15, 0.2) is 5.78 Å². The van der Waals surface area contributed by atoms with Crippen molar-refractivity contribution in [1.82, 2.24) is 0 Å². The Morgan fingerprint density at radius 3 is 2.00 bits per heavy atom. The third-order valence-corrected chi connectivity index (χ3v) is 5.32. The van der Waals surface area contributed by atoms with Crippen molar-refractivity contribution in [3.63, 3.8) is 0 Å². The van der Waals surface area contributed by atoms with Gasteiger partial charge in [0.2, 0.25) is 0 Å². The summed E-state index contributed by atoms with van der Waals surface area (Å²) >= 11 is 12.3. The highest BCUT2D eigenvalue weighted by Crippen LogP contribution is 2.30. The van der Waals surface area contributed by atoms with Gasteiger partial charge in [-0.1, -0.05) is 29.3 Å². The summed E-state index contributed by atoms with van der Waals surface area (Å²) in [7, 11) is 3.21. The molecule has 0 saturated carbocycles. The summed E-state index contributed by atoms with van der Waals surface area (Å²) in [4.78, 5) is 12.9. The molecule has 0 heterocycles. The summed E-state index contributed by atoms with van der Waals surface area (Å²) in [6.45, 7) is 0. The van der Waals surface area contributed by atoms with Crippen molar-refractivity contribution in [2.24, 2.45) is 0 Å². The van der Waals surface area contributed by atoms with Gasteiger partial charge >= 0.3 is 0 Å². The van der Waals surface area contributed by atoms with E-state index < -0.39 is 0 Å². The van der Waals surface area contributed by atoms with E-state index in [2.05, 4.69) is 5.32 Å². The second-order valence-electron chi connectivity index (χ2n) is 6.45. The molecule has 0 saturated heterocycles. The summed E-state index contributed by atoms with van der Waals surface area (Å²) in [6.07, 6.45) is 0.246. The first-order chi connectivity index (χ1) is 14.0. The topological polar surface area (TPSA) is 47.6 Å². The molecule has 0 amide bonds. The summed E-state index contributed by atoms with van der Waals surface area (Å²) in [5.74, 6) is 1.47. The Morgan fingerprint density at radius 2 is 1.45 bits per heavy atom. The lowest BCUT2D eigenvalue weighted by Gasteiger charge is -2.21. The van der Waals surface area contributed by atoms with Crippen LogP contribution in [0, 0.1) is 0 Å². The molecule has 6 heteroatoms. The maximum Gasteiger partial charge on any atom is 0.165 e. The molecule has 0 bridgehead atoms. The minimum absolute atomic E-state index is 0.00439. The highest BCUT2D eigenvalue weighted by atomic mass is 35.5. The molecule has 0 aliphatic heterocycles. The molecule has 0 spiro atoms. The van der Waals surface area contributed by atoms with Gasteiger partial charge in [-0.05, 0) is 66.2 Å². The minimum Gasteiger partial charge on any atom is -0.497 e. The van der Waals surface area contributed by atoms with Gasteiger partial charge < -0.3 is 14.8 Å². The molecule has 1 atom stereocenters. The number of carbonyl (C=O) groups is 1. The number of methoxy groups -OCH3 is 2. The summed E-state index contributed by atoms with van der Waals surface area (Å²) in [5.41, 5.74) is 2.36. The van der Waals surface area contributed by atoms with Gasteiger partial charge in [0.1, 0.15) is 11.5 Å². The van der Waals surface area contributed by atoms with E-state index in [9.17, 15) is 4.79 Å². The van der Waals surface area contributed by atoms with Gasteiger partial charge in [0.05, 0.1) is 30.3 Å². The lowest BCUT2D eigenvalue weighted by atomic mass is 9.97. The molecule has 4 nitrogen and oxygen atoms in total. The Hall–Kier alpha value is -2.69. The van der Waals surface area contributed by atoms with Crippen LogP contribution < -0.4 is 14.8 Å². The molecule has 0 aliphatic carbocycles. The van der Waals surface area contributed by atoms with E-state index in [1.54, 1.807) is 50.6 Å². The van der Waals surface area contributed by atoms with E-state index in [0.29, 0.717) is 21.4 Å². The predicted octanol–water partition coefficient (Wildman–Crippen LogP) is 6.44. The van der Waals surface area contributed by atoms with Crippen molar-refractivity contribution in [3.8, 4) is 11.5 Å². The van der Waals surface area contributed by atoms with E-state index in [1.165, 1.54) is 0 Å². The molecule has 3 aromatic carbocycles. The number of carbonyl (C=O) groups excluding carboxylic acids is 1. The standard InChI is InChI=1S/C23H21Cl2NO3/c1-28-18-8-3-15(4-9-18)23(27)14-22(16-5-12-20(24)21(25)13-16)26-17-6-10-19(29-2)11-7-17/h3-13,22,26H,14H2,1-2H3. The highest BCUT2D eigenvalue weighted by molar-refractivity contribution is 6.42. The van der Waals surface area contributed by atoms with Gasteiger partial charge in [-0.3, -0.25) is 4.79 Å². The average molecular weight is 430 g/mol. The number of ether oxygens (including phenoxy) is 2. The molecule has 1 N–H and O–H groups in total. The Kier molecular flexibility index (Phi) is 7.02. The lowest BCUT2D eigenvalue weighted by molar-refractivity contribution is 0.0976. The molecule has 3 rings (SSSR count). The predicted molar refractivity (Wildman–Crippen MR) is 118 cm³/mol. The van der Waals surface area contributed by atoms with Gasteiger partial charge in [0.25, 0.3) is 0 Å². The van der Waals surface area contributed by atoms with Crippen LogP contribution in [0.15, 0.2) is 66.7 Å². The van der Waals surface area contributed by atoms with Crippen LogP contribution in [0.25, 0.3) is 0 Å². The number of ketones is 1. The van der Waals surface area contributed by atoms with E-state index in [4.69, 9.17) is 32.7 Å². The van der Waals surface area contributed by atoms with Crippen molar-refractivity contribution < 1.29 is 14.3 Å². The van der Waals surface area contributed by atoms with Gasteiger partial charge in [-0.15, -0.1) is 0 Å². The molecular weight excluding hydrogens is 409 g/mol. The fourth-order valence-corrected chi connectivity index (χ4v) is 3.26. The first-order valence-electron chi connectivity index (χ1n) is 9.03. The molecule has 150 valence electrons. The van der Waals surface area contributed by atoms with Crippen LogP contribution in [-0.4, -0.2) is 20.0 Å². The van der Waals surface area contributed by atoms with Crippen LogP contribution in [0.4, 0.5) is 5.69 Å². The third-order valence-electron chi connectivity index (χ3n) is 4.58. The zero-order valence-electron chi connectivity index (χ0n) is 16.1. The third kappa shape index (κ3) is 5.43. The second kappa shape index (κ2) is 9.68. The quantitative estimate of drug-likeness (QED) is 0.418. The van der Waals surface area contributed by atoms with E-state index >= 15 is 0 Å². The van der Waals surface area contributed by atoms with E-state index in [1.807, 2.05) is 30.3 Å². The molecule has 0 aliphatic rings. The maximum absolute atomic E-state index is 12.9. The number of hydrogen-bond acceptors (Lipinski definition) is 4. The summed E-state index contributed by atoms with van der Waals surface area (Å²) < 4.78 is 10.4. The van der Waals surface area contributed by atoms with Crippen LogP contribution >= 0.6 is 23.2 Å². The van der Waals surface area contributed by atoms with Crippen molar-refractivity contribution >= 4 is 34.7 Å². The summed E-state index contributed by atoms with van der Waals surface area (Å²) in [6, 6.07) is 19.7. The van der Waals surface area contributed by atoms with Crippen LogP contribution in [0.2, 0.25) is 10.0 Å². The normalized spacial score (nSPS) is 11.6. The fraction of sp³-hybridized carbons (Fsp3) is 0.174. The number of hydrogen-bond donors (Lipinski definition) is 1. The number of halogens is 2. The van der Waals surface area contributed by atoms with Gasteiger partial charge in [-0.2, -0.15) is 0 Å². The molecule has 29 heavy (non-hydrogen) atoms. The molecule has 0 aromatic heterocycles. The van der Waals surface area contributed by atoms with E-state index in [0.717, 1.165) is 17.0 Å². The molecule has 3 aromatic rings. The molecular formula is C23H21Cl2NO3. The highest BCUT2D eigenvalue weighted by Gasteiger charge is 2.19. The Balaban J connectivity index is 1.86. The van der Waals surface area contributed by atoms with Crippen LogP contribution in [0.3, 0.4) is 0 Å². The first kappa shape index (κ1) is 21.0. The number of benzene rings is 3. The Labute approximate surface area is 180 Å². The van der Waals surface area contributed by atoms with E-state index in [-0.39, 0.29) is 18.2 Å². The first-order valence-corrected chi connectivity index (χ1v) is 9.78. The zero-order valence-corrected chi connectivity index (χ0v) is 17.6. The average Bonchev–Trinajstić information content (AvgIpc) is 2.75. The largest absolute Gasteiger partial charge is 0.497 e. The Bertz CT molecular complexity index is 972. The van der Waals surface area contributed by atoms with Crippen molar-refractivity contribution in [2.45, 2.75) is 12.5 Å². The van der Waals surface area contributed by atoms with Crippen molar-refractivity contribution in [1.29, 1.82) is 0 Å². The van der Waals surface area contributed by atoms with Crippen LogP contribution in [0.1, 0.15) is 28.4 Å². The minimum atomic E-state index is -0.284. The lowest BCUT2D eigenvalue weighted by Crippen LogP contribution is -2.16. The molecule has 0 fully saturated rings. The zero-order chi connectivity index (χ0) is 20.8. The monoisotopic (exact) mass is 429 g/mol. The van der Waals surface area contributed by atoms with Crippen LogP contribution in [-0.2, 0) is 0 Å². The van der Waals surface area contributed by atoms with Crippen LogP contribution in [0.5, 0.6) is 11.5 Å². The molecule has 0 radical (unpaired) electrons. The SMILES string of the molecule is COc1ccc(NC(CC(=O)c2ccc(OC)cc2)c2ccc(Cl)c(Cl)c2)cc1. The number of anilines is 1. The smallest absolute Gasteiger partial charge is 0.165 e. The Morgan fingerprint density at radius 1 is 0.862 bits per heavy atom. The second-order valence-corrected chi connectivity index (χ2v) is 7.27. The van der Waals surface area contributed by atoms with Gasteiger partial charge in [-0.25, -0.2) is 0 Å². The number of nitrogens with one attached hydrogen (secondary N) is 1. The maximum atomic E-state index is 12.9. The fourth-order valence-electron chi connectivity index (χ4n) is 2.95. The summed E-state index contributed by atoms with van der Waals surface area (Å²) in [5, 5.41) is 4.33. The molecule has 1 unspecified atom stereocenters.